The monoisotopic (exact) mass is 448 g/mol. The number of quaternary nitrogens is 1. The van der Waals surface area contributed by atoms with Crippen molar-refractivity contribution < 1.29 is 9.28 Å². The maximum absolute atomic E-state index is 11.2. The van der Waals surface area contributed by atoms with Crippen molar-refractivity contribution in [1.82, 2.24) is 10.6 Å². The lowest BCUT2D eigenvalue weighted by atomic mass is 10.1. The zero-order valence-corrected chi connectivity index (χ0v) is 21.7. The number of nitrogens with one attached hydrogen (secondary N) is 2. The first-order valence-corrected chi connectivity index (χ1v) is 13.8. The second-order valence-electron chi connectivity index (χ2n) is 9.70. The third-order valence-electron chi connectivity index (χ3n) is 7.01. The van der Waals surface area contributed by atoms with E-state index in [4.69, 9.17) is 0 Å². The molecule has 2 atom stereocenters. The Labute approximate surface area is 199 Å². The molecule has 1 amide bonds. The van der Waals surface area contributed by atoms with Crippen molar-refractivity contribution in [2.75, 3.05) is 19.6 Å². The molecule has 0 bridgehead atoms. The number of likely N-dealkylation sites (N-methyl/N-ethyl adjacent to an activating group) is 1. The van der Waals surface area contributed by atoms with E-state index in [1.165, 1.54) is 103 Å². The summed E-state index contributed by atoms with van der Waals surface area (Å²) in [5.74, 6) is 0.0654. The fraction of sp³-hybridized carbons (Fsp3) is 0.821. The molecule has 0 radical (unpaired) electrons. The molecule has 2 N–H and O–H groups in total. The highest BCUT2D eigenvalue weighted by atomic mass is 16.1. The van der Waals surface area contributed by atoms with Gasteiger partial charge in [-0.3, -0.25) is 9.28 Å². The number of hydrogen-bond acceptors (Lipinski definition) is 2. The summed E-state index contributed by atoms with van der Waals surface area (Å²) in [5.41, 5.74) is 0. The number of allylic oxidation sites excluding steroid dienone is 2. The molecule has 1 rings (SSSR count). The molecule has 0 fully saturated rings. The summed E-state index contributed by atoms with van der Waals surface area (Å²) in [6.45, 7) is 8.92. The molecule has 186 valence electrons. The lowest BCUT2D eigenvalue weighted by Crippen LogP contribution is -2.55. The molecule has 0 saturated heterocycles. The fourth-order valence-electron chi connectivity index (χ4n) is 4.81. The molecule has 32 heavy (non-hydrogen) atoms. The first kappa shape index (κ1) is 28.7. The number of carbonyl (C=O) groups excluding carboxylic acids is 1. The van der Waals surface area contributed by atoms with Gasteiger partial charge in [0.1, 0.15) is 12.7 Å². The van der Waals surface area contributed by atoms with Crippen molar-refractivity contribution in [3.8, 4) is 0 Å². The summed E-state index contributed by atoms with van der Waals surface area (Å²) in [5, 5.41) is 6.52. The van der Waals surface area contributed by atoms with Crippen molar-refractivity contribution in [3.63, 3.8) is 0 Å². The van der Waals surface area contributed by atoms with Gasteiger partial charge in [-0.1, -0.05) is 83.3 Å². The number of nitrogens with zero attached hydrogens (tertiary/aromatic N) is 1. The van der Waals surface area contributed by atoms with Crippen molar-refractivity contribution in [2.45, 2.75) is 130 Å². The zero-order chi connectivity index (χ0) is 23.3. The average molecular weight is 449 g/mol. The maximum Gasteiger partial charge on any atom is 0.217 e. The molecular formula is C28H54N3O+. The van der Waals surface area contributed by atoms with Crippen molar-refractivity contribution in [1.29, 1.82) is 0 Å². The summed E-state index contributed by atoms with van der Waals surface area (Å²) in [4.78, 5) is 11.2. The predicted octanol–water partition coefficient (Wildman–Crippen LogP) is 7.18. The van der Waals surface area contributed by atoms with Crippen LogP contribution in [0.3, 0.4) is 0 Å². The Balaban J connectivity index is 1.96. The molecule has 1 heterocycles. The minimum atomic E-state index is 0.0654. The summed E-state index contributed by atoms with van der Waals surface area (Å²) in [6, 6.07) is 0. The molecule has 1 aliphatic rings. The van der Waals surface area contributed by atoms with Crippen molar-refractivity contribution >= 4 is 5.91 Å². The molecule has 0 aromatic rings. The van der Waals surface area contributed by atoms with Gasteiger partial charge in [-0.2, -0.15) is 0 Å². The number of carbonyl (C=O) groups is 1. The number of rotatable bonds is 21. The second kappa shape index (κ2) is 19.2. The standard InChI is InChI=1S/C28H53N3O/c1-4-6-7-8-9-10-11-12-13-14-15-16-17-18-19-20-21-22-28-30-24-26-31(28,5-2)25-23-29-27(3)32/h13-14,24,26,28,30H,4-12,15-23,25H2,1-3H3/p+1/b14-13+. The zero-order valence-electron chi connectivity index (χ0n) is 21.7. The van der Waals surface area contributed by atoms with Crippen LogP contribution in [0.2, 0.25) is 0 Å². The molecule has 2 unspecified atom stereocenters. The van der Waals surface area contributed by atoms with Gasteiger partial charge in [0, 0.05) is 13.3 Å². The van der Waals surface area contributed by atoms with Crippen LogP contribution in [0.4, 0.5) is 0 Å². The van der Waals surface area contributed by atoms with Crippen LogP contribution in [0, 0.1) is 0 Å². The van der Waals surface area contributed by atoms with Gasteiger partial charge < -0.3 is 10.6 Å². The van der Waals surface area contributed by atoms with Crippen LogP contribution in [-0.4, -0.2) is 36.2 Å². The van der Waals surface area contributed by atoms with E-state index in [2.05, 4.69) is 49.0 Å². The Bertz CT molecular complexity index is 517. The van der Waals surface area contributed by atoms with E-state index in [9.17, 15) is 4.79 Å². The quantitative estimate of drug-likeness (QED) is 0.111. The molecule has 0 aromatic carbocycles. The van der Waals surface area contributed by atoms with E-state index in [1.54, 1.807) is 6.92 Å². The van der Waals surface area contributed by atoms with Gasteiger partial charge in [-0.15, -0.1) is 0 Å². The van der Waals surface area contributed by atoms with Crippen LogP contribution in [0.25, 0.3) is 0 Å². The molecule has 0 saturated carbocycles. The number of amides is 1. The van der Waals surface area contributed by atoms with Gasteiger partial charge in [0.15, 0.2) is 6.17 Å². The van der Waals surface area contributed by atoms with E-state index >= 15 is 0 Å². The van der Waals surface area contributed by atoms with Gasteiger partial charge >= 0.3 is 0 Å². The van der Waals surface area contributed by atoms with E-state index in [-0.39, 0.29) is 5.91 Å². The molecule has 0 spiro atoms. The van der Waals surface area contributed by atoms with Gasteiger partial charge in [0.25, 0.3) is 0 Å². The highest BCUT2D eigenvalue weighted by Crippen LogP contribution is 2.23. The Morgan fingerprint density at radius 1 is 0.875 bits per heavy atom. The third kappa shape index (κ3) is 13.3. The maximum atomic E-state index is 11.2. The number of unbranched alkanes of at least 4 members (excludes halogenated alkanes) is 13. The van der Waals surface area contributed by atoms with Crippen LogP contribution >= 0.6 is 0 Å². The Kier molecular flexibility index (Phi) is 17.2. The van der Waals surface area contributed by atoms with Gasteiger partial charge in [0.2, 0.25) is 5.91 Å². The average Bonchev–Trinajstić information content (AvgIpc) is 3.18. The second-order valence-corrected chi connectivity index (χ2v) is 9.70. The summed E-state index contributed by atoms with van der Waals surface area (Å²) in [7, 11) is 0. The van der Waals surface area contributed by atoms with Crippen LogP contribution in [0.1, 0.15) is 124 Å². The minimum absolute atomic E-state index is 0.0654. The van der Waals surface area contributed by atoms with E-state index in [1.807, 2.05) is 0 Å². The molecule has 0 aliphatic carbocycles. The number of hydrogen-bond donors (Lipinski definition) is 2. The summed E-state index contributed by atoms with van der Waals surface area (Å²) >= 11 is 0. The van der Waals surface area contributed by atoms with E-state index in [0.29, 0.717) is 6.17 Å². The normalized spacial score (nSPS) is 20.2. The SMILES string of the molecule is CCCCCCCCC/C=C/CCCCCCCCC1NC=C[N+]1(CC)CCNC(C)=O. The minimum Gasteiger partial charge on any atom is -0.351 e. The topological polar surface area (TPSA) is 41.1 Å². The van der Waals surface area contributed by atoms with Crippen molar-refractivity contribution in [3.05, 3.63) is 24.6 Å². The molecule has 4 heteroatoms. The van der Waals surface area contributed by atoms with Crippen LogP contribution in [0.5, 0.6) is 0 Å². The molecular weight excluding hydrogens is 394 g/mol. The molecule has 0 aromatic heterocycles. The van der Waals surface area contributed by atoms with Crippen LogP contribution < -0.4 is 10.6 Å². The third-order valence-corrected chi connectivity index (χ3v) is 7.01. The molecule has 4 nitrogen and oxygen atoms in total. The van der Waals surface area contributed by atoms with Crippen LogP contribution in [0.15, 0.2) is 24.6 Å². The highest BCUT2D eigenvalue weighted by Gasteiger charge is 2.36. The lowest BCUT2D eigenvalue weighted by Gasteiger charge is -2.37. The van der Waals surface area contributed by atoms with Gasteiger partial charge in [0.05, 0.1) is 19.3 Å². The highest BCUT2D eigenvalue weighted by molar-refractivity contribution is 5.72. The Hall–Kier alpha value is -1.29. The van der Waals surface area contributed by atoms with E-state index in [0.717, 1.165) is 24.1 Å². The Morgan fingerprint density at radius 3 is 2.00 bits per heavy atom. The van der Waals surface area contributed by atoms with Crippen LogP contribution in [-0.2, 0) is 4.79 Å². The van der Waals surface area contributed by atoms with Gasteiger partial charge in [-0.05, 0) is 39.0 Å². The Morgan fingerprint density at radius 2 is 1.44 bits per heavy atom. The molecule has 1 aliphatic heterocycles. The lowest BCUT2D eigenvalue weighted by molar-refractivity contribution is -0.898. The first-order valence-electron chi connectivity index (χ1n) is 13.8. The smallest absolute Gasteiger partial charge is 0.217 e. The van der Waals surface area contributed by atoms with Crippen molar-refractivity contribution in [2.24, 2.45) is 0 Å². The van der Waals surface area contributed by atoms with E-state index < -0.39 is 0 Å². The largest absolute Gasteiger partial charge is 0.351 e. The summed E-state index contributed by atoms with van der Waals surface area (Å²) in [6.07, 6.45) is 31.4. The first-order chi connectivity index (χ1) is 15.6. The summed E-state index contributed by atoms with van der Waals surface area (Å²) < 4.78 is 0.950. The fourth-order valence-corrected chi connectivity index (χ4v) is 4.81. The predicted molar refractivity (Wildman–Crippen MR) is 139 cm³/mol. The van der Waals surface area contributed by atoms with Gasteiger partial charge in [-0.25, -0.2) is 0 Å².